The molecule has 0 saturated heterocycles. The minimum absolute atomic E-state index is 0.505. The van der Waals surface area contributed by atoms with Crippen molar-refractivity contribution in [3.05, 3.63) is 11.0 Å². The van der Waals surface area contributed by atoms with Gasteiger partial charge in [0.2, 0.25) is 0 Å². The van der Waals surface area contributed by atoms with Crippen LogP contribution in [-0.4, -0.2) is 14.7 Å². The Kier molecular flexibility index (Phi) is 2.60. The summed E-state index contributed by atoms with van der Waals surface area (Å²) in [7, 11) is -3.50. The van der Waals surface area contributed by atoms with Crippen molar-refractivity contribution >= 4 is 9.84 Å². The fraction of sp³-hybridized carbons (Fsp3) is 0.200. The van der Waals surface area contributed by atoms with Gasteiger partial charge in [0.05, 0.1) is 6.07 Å². The molecular weight excluding hydrogens is 152 g/mol. The van der Waals surface area contributed by atoms with E-state index in [2.05, 4.69) is 0 Å². The van der Waals surface area contributed by atoms with E-state index in [1.54, 1.807) is 0 Å². The Morgan fingerprint density at radius 1 is 1.50 bits per heavy atom. The maximum Gasteiger partial charge on any atom is 0.186 e. The van der Waals surface area contributed by atoms with Gasteiger partial charge in [-0.05, 0) is 0 Å². The molecule has 0 spiro atoms. The van der Waals surface area contributed by atoms with Crippen molar-refractivity contribution < 1.29 is 8.42 Å². The lowest BCUT2D eigenvalue weighted by Gasteiger charge is -1.87. The molecule has 0 bridgehead atoms. The zero-order chi connectivity index (χ0) is 8.20. The van der Waals surface area contributed by atoms with Gasteiger partial charge in [0.1, 0.15) is 6.07 Å². The first-order chi connectivity index (χ1) is 4.52. The highest BCUT2D eigenvalue weighted by Gasteiger charge is 2.08. The van der Waals surface area contributed by atoms with E-state index in [-0.39, 0.29) is 0 Å². The van der Waals surface area contributed by atoms with Crippen LogP contribution in [0.2, 0.25) is 0 Å². The first kappa shape index (κ1) is 8.67. The number of rotatable bonds is 1. The predicted molar refractivity (Wildman–Crippen MR) is 34.2 cm³/mol. The third kappa shape index (κ3) is 2.29. The molecule has 0 N–H and O–H groups in total. The number of sulfone groups is 1. The van der Waals surface area contributed by atoms with Crippen LogP contribution >= 0.6 is 0 Å². The van der Waals surface area contributed by atoms with Crippen LogP contribution in [0.25, 0.3) is 0 Å². The molecule has 0 unspecified atom stereocenters. The second-order valence-electron chi connectivity index (χ2n) is 1.52. The standard InChI is InChI=1S/C5H4N2O2S/c1-10(8,9)5(4-7)2-3-6/h2H,1H3. The molecule has 0 aromatic rings. The van der Waals surface area contributed by atoms with Crippen LogP contribution in [0.4, 0.5) is 0 Å². The zero-order valence-corrected chi connectivity index (χ0v) is 6.01. The fourth-order valence-electron chi connectivity index (χ4n) is 0.281. The Morgan fingerprint density at radius 3 is 2.10 bits per heavy atom. The van der Waals surface area contributed by atoms with E-state index in [1.807, 2.05) is 0 Å². The molecule has 0 aromatic heterocycles. The maximum absolute atomic E-state index is 10.5. The highest BCUT2D eigenvalue weighted by molar-refractivity contribution is 7.94. The normalized spacial score (nSPS) is 11.7. The molecule has 0 aliphatic carbocycles. The second kappa shape index (κ2) is 3.00. The van der Waals surface area contributed by atoms with Gasteiger partial charge in [-0.3, -0.25) is 0 Å². The van der Waals surface area contributed by atoms with E-state index >= 15 is 0 Å². The van der Waals surface area contributed by atoms with Gasteiger partial charge in [0.25, 0.3) is 0 Å². The Morgan fingerprint density at radius 2 is 2.00 bits per heavy atom. The SMILES string of the molecule is CS(=O)(=O)C(C#N)=CC#N. The molecule has 0 saturated carbocycles. The molecule has 0 fully saturated rings. The average molecular weight is 156 g/mol. The Balaban J connectivity index is 5.02. The van der Waals surface area contributed by atoms with Gasteiger partial charge in [-0.1, -0.05) is 0 Å². The van der Waals surface area contributed by atoms with Gasteiger partial charge in [-0.25, -0.2) is 8.42 Å². The summed E-state index contributed by atoms with van der Waals surface area (Å²) in [5, 5.41) is 16.1. The van der Waals surface area contributed by atoms with Crippen molar-refractivity contribution in [3.63, 3.8) is 0 Å². The minimum Gasteiger partial charge on any atom is -0.223 e. The van der Waals surface area contributed by atoms with Crippen LogP contribution in [0, 0.1) is 22.7 Å². The lowest BCUT2D eigenvalue weighted by Crippen LogP contribution is -1.97. The third-order valence-corrected chi connectivity index (χ3v) is 1.71. The molecular formula is C5H4N2O2S. The van der Waals surface area contributed by atoms with E-state index in [9.17, 15) is 8.42 Å². The largest absolute Gasteiger partial charge is 0.223 e. The lowest BCUT2D eigenvalue weighted by atomic mass is 10.5. The number of hydrogen-bond acceptors (Lipinski definition) is 4. The van der Waals surface area contributed by atoms with E-state index < -0.39 is 14.7 Å². The van der Waals surface area contributed by atoms with Crippen molar-refractivity contribution in [2.24, 2.45) is 0 Å². The maximum atomic E-state index is 10.5. The average Bonchev–Trinajstić information content (AvgIpc) is 1.80. The number of nitrogens with zero attached hydrogens (tertiary/aromatic N) is 2. The first-order valence-corrected chi connectivity index (χ1v) is 4.11. The number of nitriles is 2. The Bertz CT molecular complexity index is 326. The van der Waals surface area contributed by atoms with Gasteiger partial charge in [-0.2, -0.15) is 10.5 Å². The molecule has 0 atom stereocenters. The number of hydrogen-bond donors (Lipinski definition) is 0. The van der Waals surface area contributed by atoms with Crippen molar-refractivity contribution in [3.8, 4) is 12.1 Å². The molecule has 5 heteroatoms. The van der Waals surface area contributed by atoms with Crippen molar-refractivity contribution in [2.75, 3.05) is 6.26 Å². The molecule has 0 radical (unpaired) electrons. The molecule has 0 aromatic carbocycles. The van der Waals surface area contributed by atoms with Crippen molar-refractivity contribution in [1.29, 1.82) is 10.5 Å². The van der Waals surface area contributed by atoms with Gasteiger partial charge in [0.15, 0.2) is 14.7 Å². The van der Waals surface area contributed by atoms with E-state index in [4.69, 9.17) is 10.5 Å². The highest BCUT2D eigenvalue weighted by atomic mass is 32.2. The van der Waals surface area contributed by atoms with Crippen LogP contribution in [0.5, 0.6) is 0 Å². The molecule has 0 aliphatic heterocycles. The predicted octanol–water partition coefficient (Wildman–Crippen LogP) is -0.0379. The lowest BCUT2D eigenvalue weighted by molar-refractivity contribution is 0.608. The summed E-state index contributed by atoms with van der Waals surface area (Å²) in [6, 6.07) is 2.86. The van der Waals surface area contributed by atoms with Gasteiger partial charge in [0, 0.05) is 12.3 Å². The van der Waals surface area contributed by atoms with Gasteiger partial charge < -0.3 is 0 Å². The summed E-state index contributed by atoms with van der Waals surface area (Å²) in [6.07, 6.45) is 1.58. The number of allylic oxidation sites excluding steroid dienone is 2. The molecule has 52 valence electrons. The molecule has 0 rings (SSSR count). The van der Waals surface area contributed by atoms with E-state index in [0.29, 0.717) is 6.08 Å². The smallest absolute Gasteiger partial charge is 0.186 e. The van der Waals surface area contributed by atoms with Crippen molar-refractivity contribution in [1.82, 2.24) is 0 Å². The summed E-state index contributed by atoms with van der Waals surface area (Å²) in [4.78, 5) is -0.505. The van der Waals surface area contributed by atoms with Crippen LogP contribution in [0.3, 0.4) is 0 Å². The Hall–Kier alpha value is -1.33. The first-order valence-electron chi connectivity index (χ1n) is 2.22. The van der Waals surface area contributed by atoms with Crippen LogP contribution in [0.15, 0.2) is 11.0 Å². The van der Waals surface area contributed by atoms with Crippen molar-refractivity contribution in [2.45, 2.75) is 0 Å². The summed E-state index contributed by atoms with van der Waals surface area (Å²) in [5.41, 5.74) is 0. The summed E-state index contributed by atoms with van der Waals surface area (Å²) in [5.74, 6) is 0. The van der Waals surface area contributed by atoms with Crippen LogP contribution in [0.1, 0.15) is 0 Å². The molecule has 0 heterocycles. The molecule has 4 nitrogen and oxygen atoms in total. The quantitative estimate of drug-likeness (QED) is 0.499. The summed E-state index contributed by atoms with van der Waals surface area (Å²) >= 11 is 0. The molecule has 10 heavy (non-hydrogen) atoms. The van der Waals surface area contributed by atoms with Gasteiger partial charge >= 0.3 is 0 Å². The Labute approximate surface area is 58.9 Å². The zero-order valence-electron chi connectivity index (χ0n) is 5.20. The molecule has 0 amide bonds. The van der Waals surface area contributed by atoms with Crippen LogP contribution < -0.4 is 0 Å². The minimum atomic E-state index is -3.50. The second-order valence-corrected chi connectivity index (χ2v) is 3.51. The topological polar surface area (TPSA) is 81.7 Å². The van der Waals surface area contributed by atoms with Gasteiger partial charge in [-0.15, -0.1) is 0 Å². The monoisotopic (exact) mass is 156 g/mol. The fourth-order valence-corrected chi connectivity index (χ4v) is 0.713. The third-order valence-electron chi connectivity index (χ3n) is 0.705. The molecule has 0 aliphatic rings. The van der Waals surface area contributed by atoms with E-state index in [1.165, 1.54) is 12.1 Å². The van der Waals surface area contributed by atoms with Crippen LogP contribution in [-0.2, 0) is 9.84 Å². The summed E-state index contributed by atoms with van der Waals surface area (Å²) in [6.45, 7) is 0. The highest BCUT2D eigenvalue weighted by Crippen LogP contribution is 2.00. The van der Waals surface area contributed by atoms with E-state index in [0.717, 1.165) is 6.26 Å². The summed E-state index contributed by atoms with van der Waals surface area (Å²) < 4.78 is 21.0.